The SMILES string of the molecule is Cc1ccc(NC(=O)c2cccc(OC(=O)C3CC(c4ccc(OC(F)F)c(OCC5CC5)c4)CN3C)n2)cc1.Cl. The first-order chi connectivity index (χ1) is 19.2. The Morgan fingerprint density at radius 1 is 1.07 bits per heavy atom. The molecule has 218 valence electrons. The number of hydrogen-bond donors (Lipinski definition) is 1. The maximum atomic E-state index is 13.1. The highest BCUT2D eigenvalue weighted by atomic mass is 35.5. The van der Waals surface area contributed by atoms with E-state index in [2.05, 4.69) is 15.0 Å². The monoisotopic (exact) mass is 587 g/mol. The molecule has 2 aliphatic rings. The van der Waals surface area contributed by atoms with Crippen LogP contribution in [0.1, 0.15) is 46.8 Å². The second kappa shape index (κ2) is 13.3. The van der Waals surface area contributed by atoms with Gasteiger partial charge in [0.2, 0.25) is 5.88 Å². The number of hydrogen-bond acceptors (Lipinski definition) is 7. The number of aromatic nitrogens is 1. The van der Waals surface area contributed by atoms with Gasteiger partial charge in [-0.1, -0.05) is 29.8 Å². The van der Waals surface area contributed by atoms with Crippen LogP contribution in [0.2, 0.25) is 0 Å². The molecule has 2 heterocycles. The van der Waals surface area contributed by atoms with Gasteiger partial charge in [0, 0.05) is 18.3 Å². The smallest absolute Gasteiger partial charge is 0.387 e. The number of nitrogens with zero attached hydrogens (tertiary/aromatic N) is 2. The lowest BCUT2D eigenvalue weighted by Crippen LogP contribution is -2.36. The lowest BCUT2D eigenvalue weighted by Gasteiger charge is -2.17. The highest BCUT2D eigenvalue weighted by molar-refractivity contribution is 6.03. The Balaban J connectivity index is 0.00000387. The van der Waals surface area contributed by atoms with Crippen molar-refractivity contribution < 1.29 is 32.6 Å². The average Bonchev–Trinajstić information content (AvgIpc) is 3.68. The van der Waals surface area contributed by atoms with E-state index < -0.39 is 24.5 Å². The van der Waals surface area contributed by atoms with Crippen LogP contribution in [-0.2, 0) is 4.79 Å². The number of alkyl halides is 2. The Labute approximate surface area is 243 Å². The number of halogens is 3. The highest BCUT2D eigenvalue weighted by Crippen LogP contribution is 2.38. The molecule has 0 bridgehead atoms. The normalized spacial score (nSPS) is 18.5. The van der Waals surface area contributed by atoms with Gasteiger partial charge < -0.3 is 19.5 Å². The van der Waals surface area contributed by atoms with E-state index in [4.69, 9.17) is 9.47 Å². The summed E-state index contributed by atoms with van der Waals surface area (Å²) in [5, 5.41) is 2.78. The van der Waals surface area contributed by atoms with Gasteiger partial charge in [-0.2, -0.15) is 8.78 Å². The maximum Gasteiger partial charge on any atom is 0.387 e. The average molecular weight is 588 g/mol. The number of benzene rings is 2. The van der Waals surface area contributed by atoms with Crippen molar-refractivity contribution in [1.82, 2.24) is 9.88 Å². The Morgan fingerprint density at radius 3 is 2.54 bits per heavy atom. The molecule has 1 amide bonds. The number of anilines is 1. The lowest BCUT2D eigenvalue weighted by atomic mass is 9.96. The molecule has 2 atom stereocenters. The van der Waals surface area contributed by atoms with E-state index in [-0.39, 0.29) is 41.4 Å². The number of ether oxygens (including phenoxy) is 3. The summed E-state index contributed by atoms with van der Waals surface area (Å²) in [5.74, 6) is -0.202. The van der Waals surface area contributed by atoms with Crippen molar-refractivity contribution in [3.05, 3.63) is 77.5 Å². The quantitative estimate of drug-likeness (QED) is 0.298. The Morgan fingerprint density at radius 2 is 1.83 bits per heavy atom. The minimum absolute atomic E-state index is 0. The predicted octanol–water partition coefficient (Wildman–Crippen LogP) is 5.85. The third-order valence-electron chi connectivity index (χ3n) is 7.12. The molecule has 1 saturated heterocycles. The number of nitrogens with one attached hydrogen (secondary N) is 1. The number of amides is 1. The van der Waals surface area contributed by atoms with Crippen LogP contribution in [0.15, 0.2) is 60.7 Å². The van der Waals surface area contributed by atoms with E-state index >= 15 is 0 Å². The number of pyridine rings is 1. The van der Waals surface area contributed by atoms with Crippen molar-refractivity contribution in [2.75, 3.05) is 25.5 Å². The molecule has 2 fully saturated rings. The maximum absolute atomic E-state index is 13.1. The van der Waals surface area contributed by atoms with Crippen molar-refractivity contribution in [1.29, 1.82) is 0 Å². The summed E-state index contributed by atoms with van der Waals surface area (Å²) in [6.07, 6.45) is 2.59. The second-order valence-corrected chi connectivity index (χ2v) is 10.3. The van der Waals surface area contributed by atoms with Crippen LogP contribution in [0, 0.1) is 12.8 Å². The summed E-state index contributed by atoms with van der Waals surface area (Å²) in [4.78, 5) is 31.9. The van der Waals surface area contributed by atoms with Crippen LogP contribution in [0.3, 0.4) is 0 Å². The van der Waals surface area contributed by atoms with Crippen LogP contribution in [0.4, 0.5) is 14.5 Å². The molecule has 1 aromatic heterocycles. The molecule has 1 N–H and O–H groups in total. The molecule has 8 nitrogen and oxygen atoms in total. The van der Waals surface area contributed by atoms with Crippen molar-refractivity contribution >= 4 is 30.0 Å². The largest absolute Gasteiger partial charge is 0.489 e. The van der Waals surface area contributed by atoms with Crippen molar-refractivity contribution in [3.8, 4) is 17.4 Å². The topological polar surface area (TPSA) is 90.0 Å². The van der Waals surface area contributed by atoms with Crippen LogP contribution in [-0.4, -0.2) is 54.6 Å². The molecule has 3 aromatic rings. The number of rotatable bonds is 10. The van der Waals surface area contributed by atoms with E-state index in [1.165, 1.54) is 12.1 Å². The summed E-state index contributed by atoms with van der Waals surface area (Å²) in [6, 6.07) is 16.4. The molecule has 2 unspecified atom stereocenters. The van der Waals surface area contributed by atoms with E-state index in [0.717, 1.165) is 24.0 Å². The fourth-order valence-corrected chi connectivity index (χ4v) is 4.69. The third kappa shape index (κ3) is 7.92. The van der Waals surface area contributed by atoms with Gasteiger partial charge in [0.25, 0.3) is 5.91 Å². The minimum Gasteiger partial charge on any atom is -0.489 e. The first-order valence-corrected chi connectivity index (χ1v) is 13.2. The number of esters is 1. The summed E-state index contributed by atoms with van der Waals surface area (Å²) in [6.45, 7) is 0.0193. The molecular formula is C30H32ClF2N3O5. The number of carbonyl (C=O) groups is 2. The van der Waals surface area contributed by atoms with Gasteiger partial charge in [-0.25, -0.2) is 9.78 Å². The van der Waals surface area contributed by atoms with E-state index in [1.54, 1.807) is 36.4 Å². The van der Waals surface area contributed by atoms with E-state index in [0.29, 0.717) is 31.2 Å². The summed E-state index contributed by atoms with van der Waals surface area (Å²) in [5.41, 5.74) is 2.69. The molecule has 0 radical (unpaired) electrons. The molecule has 11 heteroatoms. The molecule has 5 rings (SSSR count). The van der Waals surface area contributed by atoms with Crippen LogP contribution in [0.5, 0.6) is 17.4 Å². The summed E-state index contributed by atoms with van der Waals surface area (Å²) >= 11 is 0. The van der Waals surface area contributed by atoms with Crippen LogP contribution >= 0.6 is 12.4 Å². The van der Waals surface area contributed by atoms with Gasteiger partial charge in [0.15, 0.2) is 11.5 Å². The van der Waals surface area contributed by atoms with Crippen LogP contribution in [0.25, 0.3) is 0 Å². The number of likely N-dealkylation sites (tertiary alicyclic amines) is 1. The number of likely N-dealkylation sites (N-methyl/N-ethyl adjacent to an activating group) is 1. The Kier molecular flexibility index (Phi) is 9.77. The lowest BCUT2D eigenvalue weighted by molar-refractivity contribution is -0.139. The zero-order valence-corrected chi connectivity index (χ0v) is 23.5. The van der Waals surface area contributed by atoms with Crippen molar-refractivity contribution in [2.24, 2.45) is 5.92 Å². The Bertz CT molecular complexity index is 1370. The van der Waals surface area contributed by atoms with Gasteiger partial charge in [0.05, 0.1) is 6.61 Å². The third-order valence-corrected chi connectivity index (χ3v) is 7.12. The Hall–Kier alpha value is -3.76. The second-order valence-electron chi connectivity index (χ2n) is 10.3. The van der Waals surface area contributed by atoms with Gasteiger partial charge in [-0.3, -0.25) is 9.69 Å². The summed E-state index contributed by atoms with van der Waals surface area (Å²) < 4.78 is 41.8. The number of carbonyl (C=O) groups excluding carboxylic acids is 2. The summed E-state index contributed by atoms with van der Waals surface area (Å²) in [7, 11) is 1.82. The predicted molar refractivity (Wildman–Crippen MR) is 151 cm³/mol. The highest BCUT2D eigenvalue weighted by Gasteiger charge is 2.37. The minimum atomic E-state index is -2.95. The fourth-order valence-electron chi connectivity index (χ4n) is 4.69. The molecular weight excluding hydrogens is 556 g/mol. The fraction of sp³-hybridized carbons (Fsp3) is 0.367. The van der Waals surface area contributed by atoms with Gasteiger partial charge in [0.1, 0.15) is 11.7 Å². The zero-order chi connectivity index (χ0) is 28.2. The van der Waals surface area contributed by atoms with E-state index in [9.17, 15) is 18.4 Å². The van der Waals surface area contributed by atoms with Crippen LogP contribution < -0.4 is 19.5 Å². The number of aryl methyl sites for hydroxylation is 1. The van der Waals surface area contributed by atoms with Gasteiger partial charge in [-0.15, -0.1) is 12.4 Å². The van der Waals surface area contributed by atoms with Crippen molar-refractivity contribution in [3.63, 3.8) is 0 Å². The van der Waals surface area contributed by atoms with E-state index in [1.807, 2.05) is 31.0 Å². The molecule has 1 saturated carbocycles. The first kappa shape index (κ1) is 30.2. The van der Waals surface area contributed by atoms with Gasteiger partial charge in [-0.05, 0) is 81.0 Å². The molecule has 41 heavy (non-hydrogen) atoms. The molecule has 2 aromatic carbocycles. The van der Waals surface area contributed by atoms with Gasteiger partial charge >= 0.3 is 12.6 Å². The van der Waals surface area contributed by atoms with Crippen molar-refractivity contribution in [2.45, 2.75) is 44.8 Å². The zero-order valence-electron chi connectivity index (χ0n) is 22.7. The first-order valence-electron chi connectivity index (χ1n) is 13.2. The molecule has 1 aliphatic heterocycles. The molecule has 0 spiro atoms. The standard InChI is InChI=1S/C30H31F2N3O5.ClH/c1-18-6-11-22(12-7-18)33-28(36)23-4-3-5-27(34-23)40-29(37)24-14-21(16-35(24)2)20-10-13-25(39-30(31)32)26(15-20)38-17-19-8-9-19;/h3-7,10-13,15,19,21,24,30H,8-9,14,16-17H2,1-2H3,(H,33,36);1H. The molecule has 1 aliphatic carbocycles.